The molecule has 1 fully saturated rings. The van der Waals surface area contributed by atoms with Crippen LogP contribution in [0.4, 0.5) is 16.2 Å². The molecular weight excluding hydrogens is 533 g/mol. The zero-order valence-electron chi connectivity index (χ0n) is 17.9. The van der Waals surface area contributed by atoms with E-state index in [1.54, 1.807) is 30.3 Å². The van der Waals surface area contributed by atoms with Crippen molar-refractivity contribution in [3.05, 3.63) is 107 Å². The van der Waals surface area contributed by atoms with Crippen LogP contribution in [0.5, 0.6) is 11.5 Å². The fourth-order valence-corrected chi connectivity index (χ4v) is 4.63. The van der Waals surface area contributed by atoms with Gasteiger partial charge in [-0.25, -0.2) is 0 Å². The summed E-state index contributed by atoms with van der Waals surface area (Å²) in [7, 11) is 0. The molecule has 0 unspecified atom stereocenters. The Bertz CT molecular complexity index is 1440. The van der Waals surface area contributed by atoms with Crippen LogP contribution >= 0.6 is 35.0 Å². The number of amides is 2. The molecule has 0 aromatic heterocycles. The molecular formula is C23H13Cl2N3O7S. The molecule has 0 saturated carbocycles. The fourth-order valence-electron chi connectivity index (χ4n) is 3.27. The molecule has 1 heterocycles. The SMILES string of the molecule is O=C1S/C(=C/c2cccc(Oc3ccc([N+](=O)[O-])cc3[N+](=O)[O-])c2)C(=O)N1Cc1c(Cl)cccc1Cl. The summed E-state index contributed by atoms with van der Waals surface area (Å²) in [5.74, 6) is -0.541. The maximum atomic E-state index is 12.9. The van der Waals surface area contributed by atoms with Gasteiger partial charge in [0.2, 0.25) is 5.75 Å². The van der Waals surface area contributed by atoms with Crippen molar-refractivity contribution in [3.63, 3.8) is 0 Å². The molecule has 36 heavy (non-hydrogen) atoms. The average molecular weight is 546 g/mol. The third-order valence-electron chi connectivity index (χ3n) is 4.99. The predicted molar refractivity (Wildman–Crippen MR) is 134 cm³/mol. The third-order valence-corrected chi connectivity index (χ3v) is 6.60. The summed E-state index contributed by atoms with van der Waals surface area (Å²) < 4.78 is 5.59. The number of nitrogens with zero attached hydrogens (tertiary/aromatic N) is 3. The van der Waals surface area contributed by atoms with Crippen LogP contribution in [-0.4, -0.2) is 25.9 Å². The monoisotopic (exact) mass is 545 g/mol. The minimum atomic E-state index is -0.784. The Morgan fingerprint density at radius 1 is 0.944 bits per heavy atom. The quantitative estimate of drug-likeness (QED) is 0.179. The molecule has 1 saturated heterocycles. The lowest BCUT2D eigenvalue weighted by atomic mass is 10.2. The summed E-state index contributed by atoms with van der Waals surface area (Å²) in [6.07, 6.45) is 1.48. The molecule has 0 aliphatic carbocycles. The number of benzene rings is 3. The molecule has 1 aliphatic rings. The summed E-state index contributed by atoms with van der Waals surface area (Å²) in [4.78, 5) is 47.3. The molecule has 0 spiro atoms. The molecule has 4 rings (SSSR count). The molecule has 2 amide bonds. The minimum Gasteiger partial charge on any atom is -0.450 e. The van der Waals surface area contributed by atoms with Crippen molar-refractivity contribution in [2.24, 2.45) is 0 Å². The van der Waals surface area contributed by atoms with E-state index in [2.05, 4.69) is 0 Å². The van der Waals surface area contributed by atoms with Gasteiger partial charge < -0.3 is 4.74 Å². The van der Waals surface area contributed by atoms with Gasteiger partial charge in [0.25, 0.3) is 16.8 Å². The average Bonchev–Trinajstić information content (AvgIpc) is 3.08. The van der Waals surface area contributed by atoms with Crippen molar-refractivity contribution in [1.82, 2.24) is 4.90 Å². The lowest BCUT2D eigenvalue weighted by Gasteiger charge is -2.14. The van der Waals surface area contributed by atoms with E-state index in [1.807, 2.05) is 0 Å². The highest BCUT2D eigenvalue weighted by Gasteiger charge is 2.35. The second-order valence-electron chi connectivity index (χ2n) is 7.31. The van der Waals surface area contributed by atoms with E-state index < -0.39 is 32.4 Å². The summed E-state index contributed by atoms with van der Waals surface area (Å²) in [6, 6.07) is 14.2. The second kappa shape index (κ2) is 10.4. The van der Waals surface area contributed by atoms with Gasteiger partial charge in [0.15, 0.2) is 0 Å². The highest BCUT2D eigenvalue weighted by atomic mass is 35.5. The van der Waals surface area contributed by atoms with Crippen molar-refractivity contribution >= 4 is 63.6 Å². The maximum absolute atomic E-state index is 12.9. The van der Waals surface area contributed by atoms with Crippen LogP contribution in [0.25, 0.3) is 6.08 Å². The Balaban J connectivity index is 1.57. The van der Waals surface area contributed by atoms with Gasteiger partial charge in [-0.2, -0.15) is 0 Å². The number of nitro benzene ring substituents is 2. The van der Waals surface area contributed by atoms with Crippen molar-refractivity contribution in [1.29, 1.82) is 0 Å². The number of imide groups is 1. The first-order chi connectivity index (χ1) is 17.1. The highest BCUT2D eigenvalue weighted by Crippen LogP contribution is 2.37. The van der Waals surface area contributed by atoms with E-state index in [0.717, 1.165) is 34.9 Å². The van der Waals surface area contributed by atoms with Gasteiger partial charge in [-0.05, 0) is 53.7 Å². The van der Waals surface area contributed by atoms with Crippen molar-refractivity contribution in [2.75, 3.05) is 0 Å². The number of thioether (sulfide) groups is 1. The Morgan fingerprint density at radius 3 is 2.31 bits per heavy atom. The van der Waals surface area contributed by atoms with Gasteiger partial charge >= 0.3 is 5.69 Å². The molecule has 13 heteroatoms. The normalized spacial score (nSPS) is 14.4. The molecule has 3 aromatic rings. The number of halogens is 2. The van der Waals surface area contributed by atoms with Crippen molar-refractivity contribution in [3.8, 4) is 11.5 Å². The Labute approximate surface area is 217 Å². The lowest BCUT2D eigenvalue weighted by Crippen LogP contribution is -2.27. The van der Waals surface area contributed by atoms with Gasteiger partial charge in [-0.3, -0.25) is 34.7 Å². The van der Waals surface area contributed by atoms with Crippen LogP contribution in [0.1, 0.15) is 11.1 Å². The fraction of sp³-hybridized carbons (Fsp3) is 0.0435. The van der Waals surface area contributed by atoms with Gasteiger partial charge in [0, 0.05) is 21.7 Å². The Hall–Kier alpha value is -3.93. The largest absolute Gasteiger partial charge is 0.450 e. The molecule has 1 aliphatic heterocycles. The van der Waals surface area contributed by atoms with E-state index in [1.165, 1.54) is 18.2 Å². The number of carbonyl (C=O) groups excluding carboxylic acids is 2. The maximum Gasteiger partial charge on any atom is 0.318 e. The third kappa shape index (κ3) is 5.33. The minimum absolute atomic E-state index is 0.0898. The van der Waals surface area contributed by atoms with Crippen LogP contribution in [0.2, 0.25) is 10.0 Å². The molecule has 0 radical (unpaired) electrons. The highest BCUT2D eigenvalue weighted by molar-refractivity contribution is 8.18. The number of hydrogen-bond donors (Lipinski definition) is 0. The van der Waals surface area contributed by atoms with Crippen LogP contribution < -0.4 is 4.74 Å². The van der Waals surface area contributed by atoms with Crippen molar-refractivity contribution < 1.29 is 24.2 Å². The lowest BCUT2D eigenvalue weighted by molar-refractivity contribution is -0.394. The summed E-state index contributed by atoms with van der Waals surface area (Å²) in [5.41, 5.74) is -0.0895. The van der Waals surface area contributed by atoms with Crippen LogP contribution in [0.3, 0.4) is 0 Å². The van der Waals surface area contributed by atoms with E-state index in [4.69, 9.17) is 27.9 Å². The molecule has 0 bridgehead atoms. The number of carbonyl (C=O) groups is 2. The second-order valence-corrected chi connectivity index (χ2v) is 9.12. The molecule has 0 N–H and O–H groups in total. The van der Waals surface area contributed by atoms with Crippen LogP contribution in [-0.2, 0) is 11.3 Å². The number of nitro groups is 2. The van der Waals surface area contributed by atoms with Gasteiger partial charge in [-0.1, -0.05) is 41.4 Å². The van der Waals surface area contributed by atoms with Crippen molar-refractivity contribution in [2.45, 2.75) is 6.54 Å². The molecule has 0 atom stereocenters. The van der Waals surface area contributed by atoms with E-state index in [0.29, 0.717) is 21.2 Å². The predicted octanol–water partition coefficient (Wildman–Crippen LogP) is 6.84. The van der Waals surface area contributed by atoms with E-state index >= 15 is 0 Å². The zero-order chi connectivity index (χ0) is 26.0. The smallest absolute Gasteiger partial charge is 0.318 e. The van der Waals surface area contributed by atoms with E-state index in [9.17, 15) is 29.8 Å². The van der Waals surface area contributed by atoms with Crippen LogP contribution in [0, 0.1) is 20.2 Å². The number of ether oxygens (including phenoxy) is 1. The van der Waals surface area contributed by atoms with E-state index in [-0.39, 0.29) is 22.9 Å². The molecule has 3 aromatic carbocycles. The van der Waals surface area contributed by atoms with Gasteiger partial charge in [-0.15, -0.1) is 0 Å². The Kier molecular flexibility index (Phi) is 7.25. The number of rotatable bonds is 7. The first-order valence-corrected chi connectivity index (χ1v) is 11.6. The first-order valence-electron chi connectivity index (χ1n) is 10.0. The summed E-state index contributed by atoms with van der Waals surface area (Å²) in [5, 5.41) is 22.5. The zero-order valence-corrected chi connectivity index (χ0v) is 20.2. The molecule has 182 valence electrons. The van der Waals surface area contributed by atoms with Gasteiger partial charge in [0.1, 0.15) is 5.75 Å². The number of hydrogen-bond acceptors (Lipinski definition) is 8. The van der Waals surface area contributed by atoms with Crippen LogP contribution in [0.15, 0.2) is 65.6 Å². The standard InChI is InChI=1S/C23H13Cl2N3O7S/c24-17-5-2-6-18(25)16(17)12-26-22(29)21(36-23(26)30)10-13-3-1-4-15(9-13)35-20-8-7-14(27(31)32)11-19(20)28(33)34/h1-11H,12H2/b21-10+. The Morgan fingerprint density at radius 2 is 1.64 bits per heavy atom. The topological polar surface area (TPSA) is 133 Å². The molecule has 10 nitrogen and oxygen atoms in total. The van der Waals surface area contributed by atoms with Gasteiger partial charge in [0.05, 0.1) is 27.4 Å². The summed E-state index contributed by atoms with van der Waals surface area (Å²) >= 11 is 13.1. The summed E-state index contributed by atoms with van der Waals surface area (Å²) in [6.45, 7) is -0.0898. The number of non-ortho nitro benzene ring substituents is 1. The first kappa shape index (κ1) is 25.2.